The van der Waals surface area contributed by atoms with Crippen LogP contribution in [0, 0.1) is 23.7 Å². The number of hydrogen-bond acceptors (Lipinski definition) is 6. The molecule has 5 aliphatic rings. The van der Waals surface area contributed by atoms with Crippen molar-refractivity contribution in [2.45, 2.75) is 69.0 Å². The molecule has 0 spiro atoms. The normalized spacial score (nSPS) is 32.8. The molecular formula is C24H33N3O4S. The van der Waals surface area contributed by atoms with E-state index in [1.165, 1.54) is 32.1 Å². The molecule has 4 aliphatic carbocycles. The second kappa shape index (κ2) is 9.12. The average molecular weight is 460 g/mol. The Morgan fingerprint density at radius 3 is 2.56 bits per heavy atom. The lowest BCUT2D eigenvalue weighted by atomic mass is 9.54. The first-order chi connectivity index (χ1) is 15.5. The molecule has 7 nitrogen and oxygen atoms in total. The van der Waals surface area contributed by atoms with Crippen molar-refractivity contribution in [3.63, 3.8) is 0 Å². The molecule has 1 aliphatic heterocycles. The van der Waals surface area contributed by atoms with E-state index in [4.69, 9.17) is 14.8 Å². The first kappa shape index (κ1) is 21.9. The molecule has 2 heterocycles. The van der Waals surface area contributed by atoms with Crippen molar-refractivity contribution < 1.29 is 19.4 Å². The van der Waals surface area contributed by atoms with Gasteiger partial charge in [0.25, 0.3) is 5.91 Å². The molecule has 4 bridgehead atoms. The zero-order valence-corrected chi connectivity index (χ0v) is 19.5. The fourth-order valence-corrected chi connectivity index (χ4v) is 7.53. The number of anilines is 1. The van der Waals surface area contributed by atoms with Gasteiger partial charge < -0.3 is 20.1 Å². The first-order valence-electron chi connectivity index (χ1n) is 12.1. The lowest BCUT2D eigenvalue weighted by molar-refractivity contribution is -0.0120. The molecule has 174 valence electrons. The fourth-order valence-electron chi connectivity index (χ4n) is 6.65. The van der Waals surface area contributed by atoms with Gasteiger partial charge in [-0.1, -0.05) is 6.92 Å². The van der Waals surface area contributed by atoms with Gasteiger partial charge in [0.2, 0.25) is 0 Å². The van der Waals surface area contributed by atoms with Gasteiger partial charge in [-0.05, 0) is 80.1 Å². The number of carboxylic acid groups (broad SMARTS) is 1. The van der Waals surface area contributed by atoms with Crippen LogP contribution in [0.4, 0.5) is 10.6 Å². The molecule has 1 aromatic heterocycles. The summed E-state index contributed by atoms with van der Waals surface area (Å²) in [6.07, 6.45) is 6.61. The monoisotopic (exact) mass is 459 g/mol. The molecular weight excluding hydrogens is 426 g/mol. The van der Waals surface area contributed by atoms with Crippen LogP contribution < -0.4 is 10.2 Å². The van der Waals surface area contributed by atoms with Crippen molar-refractivity contribution in [1.29, 1.82) is 0 Å². The highest BCUT2D eigenvalue weighted by Gasteiger charge is 2.48. The Bertz CT molecular complexity index is 851. The molecule has 6 rings (SSSR count). The summed E-state index contributed by atoms with van der Waals surface area (Å²) < 4.78 is 4.93. The SMILES string of the molecule is CCCSc1nc(N2CC[C@H](OC(=O)O)C2)ccc1C(=O)NC1C2CC3CC(C2)CC1C3. The topological polar surface area (TPSA) is 91.8 Å². The van der Waals surface area contributed by atoms with Gasteiger partial charge in [0.05, 0.1) is 12.1 Å². The third kappa shape index (κ3) is 4.43. The lowest BCUT2D eigenvalue weighted by Crippen LogP contribution is -2.55. The number of rotatable bonds is 7. The Labute approximate surface area is 193 Å². The standard InChI is InChI=1S/C24H33N3O4S/c1-2-7-32-23-19(3-4-20(25-23)27-6-5-18(13-27)31-24(29)30)22(28)26-21-16-9-14-8-15(11-16)12-17(21)10-14/h3-4,14-18,21H,2,5-13H2,1H3,(H,26,28)(H,29,30)/t14?,15?,16?,17?,18-,21?/m0/s1. The molecule has 2 N–H and O–H groups in total. The van der Waals surface area contributed by atoms with Crippen molar-refractivity contribution >= 4 is 29.6 Å². The summed E-state index contributed by atoms with van der Waals surface area (Å²) in [7, 11) is 0. The van der Waals surface area contributed by atoms with E-state index in [9.17, 15) is 9.59 Å². The molecule has 32 heavy (non-hydrogen) atoms. The van der Waals surface area contributed by atoms with Crippen molar-refractivity contribution in [2.75, 3.05) is 23.7 Å². The maximum Gasteiger partial charge on any atom is 0.506 e. The minimum Gasteiger partial charge on any atom is -0.450 e. The molecule has 1 atom stereocenters. The fraction of sp³-hybridized carbons (Fsp3) is 0.708. The molecule has 8 heteroatoms. The number of carbonyl (C=O) groups is 2. The molecule has 4 saturated carbocycles. The van der Waals surface area contributed by atoms with E-state index in [-0.39, 0.29) is 12.0 Å². The second-order valence-corrected chi connectivity index (χ2v) is 11.1. The Morgan fingerprint density at radius 1 is 1.19 bits per heavy atom. The number of pyridine rings is 1. The van der Waals surface area contributed by atoms with Crippen LogP contribution in [-0.4, -0.2) is 53.1 Å². The summed E-state index contributed by atoms with van der Waals surface area (Å²) in [4.78, 5) is 31.1. The van der Waals surface area contributed by atoms with Crippen LogP contribution >= 0.6 is 11.8 Å². The van der Waals surface area contributed by atoms with Crippen LogP contribution in [0.1, 0.15) is 62.2 Å². The summed E-state index contributed by atoms with van der Waals surface area (Å²) >= 11 is 1.63. The molecule has 1 saturated heterocycles. The lowest BCUT2D eigenvalue weighted by Gasteiger charge is -2.54. The van der Waals surface area contributed by atoms with Crippen LogP contribution in [0.25, 0.3) is 0 Å². The molecule has 0 radical (unpaired) electrons. The third-order valence-electron chi connectivity index (χ3n) is 7.79. The van der Waals surface area contributed by atoms with E-state index in [0.717, 1.165) is 34.9 Å². The van der Waals surface area contributed by atoms with E-state index < -0.39 is 6.16 Å². The minimum atomic E-state index is -1.24. The predicted octanol–water partition coefficient (Wildman–Crippen LogP) is 4.41. The number of hydrogen-bond donors (Lipinski definition) is 2. The Hall–Kier alpha value is -1.96. The summed E-state index contributed by atoms with van der Waals surface area (Å²) in [5.74, 6) is 4.75. The molecule has 5 fully saturated rings. The van der Waals surface area contributed by atoms with Gasteiger partial charge in [0.1, 0.15) is 16.9 Å². The van der Waals surface area contributed by atoms with Crippen molar-refractivity contribution in [3.8, 4) is 0 Å². The van der Waals surface area contributed by atoms with E-state index in [2.05, 4.69) is 12.2 Å². The van der Waals surface area contributed by atoms with Gasteiger partial charge in [-0.2, -0.15) is 0 Å². The average Bonchev–Trinajstić information content (AvgIpc) is 3.21. The third-order valence-corrected chi connectivity index (χ3v) is 8.99. The van der Waals surface area contributed by atoms with Crippen LogP contribution in [0.3, 0.4) is 0 Å². The van der Waals surface area contributed by atoms with Gasteiger partial charge in [0.15, 0.2) is 0 Å². The number of ether oxygens (including phenoxy) is 1. The Morgan fingerprint density at radius 2 is 1.91 bits per heavy atom. The second-order valence-electron chi connectivity index (χ2n) is 10.0. The van der Waals surface area contributed by atoms with E-state index >= 15 is 0 Å². The largest absolute Gasteiger partial charge is 0.506 e. The van der Waals surface area contributed by atoms with Crippen LogP contribution in [0.2, 0.25) is 0 Å². The molecule has 1 amide bonds. The summed E-state index contributed by atoms with van der Waals surface area (Å²) in [6.45, 7) is 3.32. The highest BCUT2D eigenvalue weighted by atomic mass is 32.2. The zero-order valence-electron chi connectivity index (χ0n) is 18.7. The van der Waals surface area contributed by atoms with Crippen molar-refractivity contribution in [2.24, 2.45) is 23.7 Å². The van der Waals surface area contributed by atoms with Crippen LogP contribution in [0.5, 0.6) is 0 Å². The van der Waals surface area contributed by atoms with Crippen LogP contribution in [0.15, 0.2) is 17.2 Å². The number of amides is 1. The van der Waals surface area contributed by atoms with E-state index in [0.29, 0.717) is 43.0 Å². The van der Waals surface area contributed by atoms with Crippen molar-refractivity contribution in [3.05, 3.63) is 17.7 Å². The van der Waals surface area contributed by atoms with Crippen LogP contribution in [-0.2, 0) is 4.74 Å². The smallest absolute Gasteiger partial charge is 0.450 e. The minimum absolute atomic E-state index is 0.00800. The number of nitrogens with zero attached hydrogens (tertiary/aromatic N) is 2. The number of carbonyl (C=O) groups excluding carboxylic acids is 1. The van der Waals surface area contributed by atoms with Gasteiger partial charge in [-0.25, -0.2) is 9.78 Å². The summed E-state index contributed by atoms with van der Waals surface area (Å²) in [6, 6.07) is 4.11. The zero-order chi connectivity index (χ0) is 22.2. The Kier molecular flexibility index (Phi) is 6.23. The van der Waals surface area contributed by atoms with E-state index in [1.54, 1.807) is 11.8 Å². The van der Waals surface area contributed by atoms with Gasteiger partial charge >= 0.3 is 6.16 Å². The van der Waals surface area contributed by atoms with Gasteiger partial charge in [0, 0.05) is 19.0 Å². The highest BCUT2D eigenvalue weighted by Crippen LogP contribution is 2.53. The molecule has 0 unspecified atom stereocenters. The maximum atomic E-state index is 13.4. The molecule has 0 aromatic carbocycles. The summed E-state index contributed by atoms with van der Waals surface area (Å²) in [5, 5.41) is 13.1. The number of thioether (sulfide) groups is 1. The van der Waals surface area contributed by atoms with Crippen molar-refractivity contribution in [1.82, 2.24) is 10.3 Å². The van der Waals surface area contributed by atoms with Gasteiger partial charge in [-0.15, -0.1) is 11.8 Å². The predicted molar refractivity (Wildman–Crippen MR) is 123 cm³/mol. The summed E-state index contributed by atoms with van der Waals surface area (Å²) in [5.41, 5.74) is 0.665. The molecule has 1 aromatic rings. The highest BCUT2D eigenvalue weighted by molar-refractivity contribution is 7.99. The first-order valence-corrected chi connectivity index (χ1v) is 13.1. The quantitative estimate of drug-likeness (QED) is 0.461. The number of aromatic nitrogens is 1. The Balaban J connectivity index is 1.30. The maximum absolute atomic E-state index is 13.4. The van der Waals surface area contributed by atoms with E-state index in [1.807, 2.05) is 17.0 Å². The van der Waals surface area contributed by atoms with Gasteiger partial charge in [-0.3, -0.25) is 4.79 Å². The number of nitrogens with one attached hydrogen (secondary N) is 1.